The molecular weight excluding hydrogens is 827 g/mol. The molecule has 9 rings (SSSR count). The van der Waals surface area contributed by atoms with Crippen LogP contribution in [0.5, 0.6) is 0 Å². The Morgan fingerprint density at radius 2 is 1.38 bits per heavy atom. The molecule has 4 nitrogen and oxygen atoms in total. The van der Waals surface area contributed by atoms with Crippen LogP contribution in [0.15, 0.2) is 168 Å². The molecule has 0 aliphatic rings. The van der Waals surface area contributed by atoms with E-state index in [0.29, 0.717) is 0 Å². The van der Waals surface area contributed by atoms with E-state index in [1.165, 1.54) is 11.1 Å². The van der Waals surface area contributed by atoms with Gasteiger partial charge in [0.25, 0.3) is 0 Å². The van der Waals surface area contributed by atoms with Crippen LogP contribution in [-0.4, -0.2) is 14.5 Å². The molecule has 3 heterocycles. The summed E-state index contributed by atoms with van der Waals surface area (Å²) in [7, 11) is 0. The maximum atomic E-state index is 5.99. The fraction of sp³-hybridized carbons (Fsp3) is 0.0833. The third-order valence-electron chi connectivity index (χ3n) is 9.20. The summed E-state index contributed by atoms with van der Waals surface area (Å²) in [5.74, 6) is 0.826. The van der Waals surface area contributed by atoms with Crippen molar-refractivity contribution in [2.45, 2.75) is 26.7 Å². The van der Waals surface area contributed by atoms with Crippen LogP contribution in [0.3, 0.4) is 0 Å². The van der Waals surface area contributed by atoms with Crippen molar-refractivity contribution < 1.29 is 24.5 Å². The zero-order chi connectivity index (χ0) is 35.3. The molecule has 0 aliphatic heterocycles. The second-order valence-electron chi connectivity index (χ2n) is 12.9. The number of fused-ring (bicyclic) bond motifs is 2. The summed E-state index contributed by atoms with van der Waals surface area (Å²) in [4.78, 5) is 9.44. The van der Waals surface area contributed by atoms with E-state index in [2.05, 4.69) is 145 Å². The maximum Gasteiger partial charge on any atom is 0.0774 e. The summed E-state index contributed by atoms with van der Waals surface area (Å²) in [5.41, 5.74) is 13.9. The monoisotopic (exact) mass is 864 g/mol. The number of furan rings is 1. The first-order valence-electron chi connectivity index (χ1n) is 17.7. The van der Waals surface area contributed by atoms with Crippen LogP contribution in [0.25, 0.3) is 72.6 Å². The Hall–Kier alpha value is -5.87. The van der Waals surface area contributed by atoms with Crippen LogP contribution in [0.4, 0.5) is 0 Å². The van der Waals surface area contributed by atoms with Crippen molar-refractivity contribution in [3.8, 4) is 50.6 Å². The summed E-state index contributed by atoms with van der Waals surface area (Å²) in [5, 5.41) is 1.04. The molecule has 0 saturated heterocycles. The van der Waals surface area contributed by atoms with Gasteiger partial charge in [-0.15, -0.1) is 35.9 Å². The molecule has 0 saturated carbocycles. The molecule has 0 aliphatic carbocycles. The number of pyridine rings is 1. The Morgan fingerprint density at radius 1 is 0.698 bits per heavy atom. The van der Waals surface area contributed by atoms with Gasteiger partial charge in [0, 0.05) is 49.3 Å². The molecule has 5 heteroatoms. The standard InChI is InChI=1S/C37H29N2O.C11H8N.Ir/c1-3-12-26-19-20-35-31(23-26)32(24-40-35)37-38-33-17-10-11-18-34(33)39(37)36-29(27-13-6-4-7-14-27)21-25(2)22-30(36)28-15-8-5-9-16-28;1-2-6-10(7-3-1)11-8-4-5-9-12-11;/h4-11,13-23H,3,12H2,1-2H3;1-6,8-9H;/q2*-1;. The number of benzene rings is 6. The summed E-state index contributed by atoms with van der Waals surface area (Å²) in [6.07, 6.45) is 7.14. The Morgan fingerprint density at radius 3 is 2.04 bits per heavy atom. The molecule has 0 bridgehead atoms. The van der Waals surface area contributed by atoms with Crippen molar-refractivity contribution in [1.29, 1.82) is 0 Å². The minimum atomic E-state index is 0. The molecule has 53 heavy (non-hydrogen) atoms. The second-order valence-corrected chi connectivity index (χ2v) is 12.9. The van der Waals surface area contributed by atoms with Crippen LogP contribution in [0.2, 0.25) is 0 Å². The summed E-state index contributed by atoms with van der Waals surface area (Å²) in [6, 6.07) is 57.5. The molecule has 9 aromatic rings. The molecule has 0 unspecified atom stereocenters. The molecule has 3 aromatic heterocycles. The maximum absolute atomic E-state index is 5.99. The topological polar surface area (TPSA) is 43.9 Å². The number of aromatic nitrogens is 3. The number of nitrogens with zero attached hydrogens (tertiary/aromatic N) is 3. The predicted octanol–water partition coefficient (Wildman–Crippen LogP) is 12.4. The van der Waals surface area contributed by atoms with Crippen molar-refractivity contribution in [1.82, 2.24) is 14.5 Å². The minimum Gasteiger partial charge on any atom is -0.557 e. The molecule has 261 valence electrons. The first-order valence-corrected chi connectivity index (χ1v) is 17.7. The molecule has 0 N–H and O–H groups in total. The van der Waals surface area contributed by atoms with Crippen molar-refractivity contribution in [2.75, 3.05) is 0 Å². The van der Waals surface area contributed by atoms with Crippen molar-refractivity contribution in [3.63, 3.8) is 0 Å². The van der Waals surface area contributed by atoms with E-state index in [1.54, 1.807) is 6.20 Å². The second kappa shape index (κ2) is 16.2. The summed E-state index contributed by atoms with van der Waals surface area (Å²) >= 11 is 0. The van der Waals surface area contributed by atoms with Crippen LogP contribution in [-0.2, 0) is 26.5 Å². The van der Waals surface area contributed by atoms with Gasteiger partial charge in [0.2, 0.25) is 0 Å². The average Bonchev–Trinajstić information content (AvgIpc) is 3.80. The van der Waals surface area contributed by atoms with Gasteiger partial charge in [-0.25, -0.2) is 0 Å². The van der Waals surface area contributed by atoms with Crippen molar-refractivity contribution in [2.24, 2.45) is 0 Å². The van der Waals surface area contributed by atoms with Gasteiger partial charge in [0.15, 0.2) is 0 Å². The van der Waals surface area contributed by atoms with Crippen LogP contribution >= 0.6 is 0 Å². The zero-order valence-electron chi connectivity index (χ0n) is 29.6. The fourth-order valence-corrected chi connectivity index (χ4v) is 6.82. The molecule has 6 aromatic carbocycles. The number of para-hydroxylation sites is 2. The van der Waals surface area contributed by atoms with E-state index in [4.69, 9.17) is 9.40 Å². The Kier molecular flexibility index (Phi) is 10.9. The van der Waals surface area contributed by atoms with E-state index in [-0.39, 0.29) is 20.1 Å². The zero-order valence-corrected chi connectivity index (χ0v) is 32.0. The largest absolute Gasteiger partial charge is 0.557 e. The van der Waals surface area contributed by atoms with E-state index in [9.17, 15) is 0 Å². The van der Waals surface area contributed by atoms with E-state index in [0.717, 1.165) is 85.4 Å². The van der Waals surface area contributed by atoms with E-state index >= 15 is 0 Å². The third kappa shape index (κ3) is 7.41. The van der Waals surface area contributed by atoms with Gasteiger partial charge < -0.3 is 14.0 Å². The van der Waals surface area contributed by atoms with Gasteiger partial charge in [-0.3, -0.25) is 4.98 Å². The SMILES string of the molecule is CCCc1ccc2o[c-]c(-c3nc4ccccc4n3-c3c(-c4ccccc4)cc(C)cc3-c3ccccc3)c2c1.[Ir].[c-]1ccccc1-c1ccccn1. The summed E-state index contributed by atoms with van der Waals surface area (Å²) in [6.45, 7) is 4.38. The van der Waals surface area contributed by atoms with Gasteiger partial charge >= 0.3 is 0 Å². The molecule has 0 atom stereocenters. The smallest absolute Gasteiger partial charge is 0.0774 e. The fourth-order valence-electron chi connectivity index (χ4n) is 6.82. The van der Waals surface area contributed by atoms with Gasteiger partial charge in [-0.2, -0.15) is 0 Å². The van der Waals surface area contributed by atoms with Crippen LogP contribution in [0.1, 0.15) is 24.5 Å². The Balaban J connectivity index is 0.000000284. The normalized spacial score (nSPS) is 10.8. The molecule has 1 radical (unpaired) electrons. The Bertz CT molecular complexity index is 2480. The third-order valence-corrected chi connectivity index (χ3v) is 9.20. The number of aryl methyl sites for hydroxylation is 2. The first kappa shape index (κ1) is 35.5. The van der Waals surface area contributed by atoms with Crippen molar-refractivity contribution >= 4 is 22.0 Å². The van der Waals surface area contributed by atoms with E-state index < -0.39 is 0 Å². The van der Waals surface area contributed by atoms with Gasteiger partial charge in [0.1, 0.15) is 0 Å². The molecular formula is C48H37IrN3O-2. The van der Waals surface area contributed by atoms with E-state index in [1.807, 2.05) is 48.5 Å². The van der Waals surface area contributed by atoms with Gasteiger partial charge in [-0.05, 0) is 66.1 Å². The molecule has 0 amide bonds. The summed E-state index contributed by atoms with van der Waals surface area (Å²) < 4.78 is 8.31. The van der Waals surface area contributed by atoms with Gasteiger partial charge in [0.05, 0.1) is 22.5 Å². The molecule has 0 spiro atoms. The van der Waals surface area contributed by atoms with Crippen molar-refractivity contribution in [3.05, 3.63) is 187 Å². The molecule has 0 fully saturated rings. The predicted molar refractivity (Wildman–Crippen MR) is 213 cm³/mol. The quantitative estimate of drug-likeness (QED) is 0.150. The number of rotatable bonds is 7. The number of imidazole rings is 1. The first-order chi connectivity index (χ1) is 25.7. The minimum absolute atomic E-state index is 0. The van der Waals surface area contributed by atoms with Gasteiger partial charge in [-0.1, -0.05) is 133 Å². The Labute approximate surface area is 324 Å². The number of hydrogen-bond donors (Lipinski definition) is 0. The van der Waals surface area contributed by atoms with Crippen LogP contribution < -0.4 is 0 Å². The average molecular weight is 864 g/mol. The van der Waals surface area contributed by atoms with Crippen LogP contribution in [0, 0.1) is 19.3 Å². The number of hydrogen-bond acceptors (Lipinski definition) is 3.